The quantitative estimate of drug-likeness (QED) is 0.143. The lowest BCUT2D eigenvalue weighted by molar-refractivity contribution is 0.259. The lowest BCUT2D eigenvalue weighted by atomic mass is 9.89. The molecule has 344 valence electrons. The Bertz CT molecular complexity index is 4140. The van der Waals surface area contributed by atoms with Crippen molar-refractivity contribution in [1.82, 2.24) is 9.13 Å². The molecule has 2 aromatic heterocycles. The number of para-hydroxylation sites is 3. The first-order valence-corrected chi connectivity index (χ1v) is 25.6. The van der Waals surface area contributed by atoms with E-state index in [1.54, 1.807) is 0 Å². The van der Waals surface area contributed by atoms with Crippen LogP contribution in [-0.4, -0.2) is 9.13 Å². The predicted molar refractivity (Wildman–Crippen MR) is 305 cm³/mol. The van der Waals surface area contributed by atoms with Crippen LogP contribution in [-0.2, 0) is 0 Å². The second-order valence-electron chi connectivity index (χ2n) is 19.5. The molecule has 14 rings (SSSR count). The van der Waals surface area contributed by atoms with Gasteiger partial charge in [-0.3, -0.25) is 0 Å². The molecule has 0 N–H and O–H groups in total. The maximum atomic E-state index is 2.72. The normalized spacial score (nSPS) is 15.0. The van der Waals surface area contributed by atoms with E-state index < -0.39 is 0 Å². The molecule has 2 heterocycles. The topological polar surface area (TPSA) is 16.3 Å². The fourth-order valence-corrected chi connectivity index (χ4v) is 12.3. The molecule has 0 aliphatic heterocycles. The lowest BCUT2D eigenvalue weighted by Crippen LogP contribution is -2.26. The zero-order valence-corrected chi connectivity index (χ0v) is 40.0. The van der Waals surface area contributed by atoms with E-state index in [1.807, 2.05) is 0 Å². The molecule has 0 saturated heterocycles. The minimum Gasteiger partial charge on any atom is -0.335 e. The Morgan fingerprint density at radius 1 is 0.278 bits per heavy atom. The average Bonchev–Trinajstić information content (AvgIpc) is 3.96. The van der Waals surface area contributed by atoms with Gasteiger partial charge in [0.25, 0.3) is 0 Å². The highest BCUT2D eigenvalue weighted by atomic mass is 15.2. The zero-order valence-electron chi connectivity index (χ0n) is 40.0. The molecule has 72 heavy (non-hydrogen) atoms. The minimum atomic E-state index is 0.238. The van der Waals surface area contributed by atoms with Crippen LogP contribution in [0.3, 0.4) is 0 Å². The molecule has 0 amide bonds. The number of aromatic nitrogens is 2. The molecule has 1 fully saturated rings. The van der Waals surface area contributed by atoms with Crippen molar-refractivity contribution in [2.75, 3.05) is 9.80 Å². The fraction of sp³-hybridized carbons (Fsp3) is 0.0882. The van der Waals surface area contributed by atoms with Gasteiger partial charge in [-0.1, -0.05) is 177 Å². The van der Waals surface area contributed by atoms with Crippen LogP contribution in [0.4, 0.5) is 34.1 Å². The van der Waals surface area contributed by atoms with Crippen molar-refractivity contribution in [3.05, 3.63) is 255 Å². The van der Waals surface area contributed by atoms with E-state index in [4.69, 9.17) is 0 Å². The Kier molecular flexibility index (Phi) is 10.2. The molecule has 1 aliphatic rings. The first-order chi connectivity index (χ1) is 35.7. The van der Waals surface area contributed by atoms with Crippen LogP contribution in [0.2, 0.25) is 0 Å². The van der Waals surface area contributed by atoms with Crippen LogP contribution in [0.25, 0.3) is 76.3 Å². The highest BCUT2D eigenvalue weighted by Gasteiger charge is 2.33. The number of benzene rings is 11. The number of nitrogens with zero attached hydrogens (tertiary/aromatic N) is 4. The molecular weight excluding hydrogens is 873 g/mol. The Morgan fingerprint density at radius 2 is 0.736 bits per heavy atom. The van der Waals surface area contributed by atoms with Crippen LogP contribution in [0.1, 0.15) is 37.8 Å². The van der Waals surface area contributed by atoms with E-state index >= 15 is 0 Å². The average molecular weight is 925 g/mol. The van der Waals surface area contributed by atoms with Crippen LogP contribution < -0.4 is 9.80 Å². The summed E-state index contributed by atoms with van der Waals surface area (Å²) < 4.78 is 5.44. The summed E-state index contributed by atoms with van der Waals surface area (Å²) in [6.45, 7) is 0. The zero-order chi connectivity index (χ0) is 47.5. The van der Waals surface area contributed by atoms with Crippen molar-refractivity contribution < 1.29 is 0 Å². The molecule has 4 heteroatoms. The maximum Gasteiger partial charge on any atom is 0.0550 e. The van der Waals surface area contributed by atoms with Crippen molar-refractivity contribution >= 4 is 99.3 Å². The smallest absolute Gasteiger partial charge is 0.0550 e. The molecular formula is C68H52N4. The Hall–Kier alpha value is -8.86. The van der Waals surface area contributed by atoms with Gasteiger partial charge in [0, 0.05) is 77.4 Å². The summed E-state index contributed by atoms with van der Waals surface area (Å²) >= 11 is 0. The van der Waals surface area contributed by atoms with Gasteiger partial charge in [-0.2, -0.15) is 0 Å². The van der Waals surface area contributed by atoms with Gasteiger partial charge >= 0.3 is 0 Å². The summed E-state index contributed by atoms with van der Waals surface area (Å²) in [6.07, 6.45) is 4.59. The fourth-order valence-electron chi connectivity index (χ4n) is 12.3. The molecule has 1 aliphatic carbocycles. The third-order valence-corrected chi connectivity index (χ3v) is 15.5. The SMILES string of the molecule is c1ccc(-c2cccc(N(c3ccccc3)c3ccc4c(c3)c3ccccc3n4C3CCCCC3n3c4ccccc4c4cc(N(c5ccc6ccccc6c5)c5cccc6ccccc56)ccc43)c2)cc1. The molecule has 4 nitrogen and oxygen atoms in total. The van der Waals surface area contributed by atoms with E-state index in [2.05, 4.69) is 274 Å². The highest BCUT2D eigenvalue weighted by molar-refractivity contribution is 6.12. The summed E-state index contributed by atoms with van der Waals surface area (Å²) in [6, 6.07) is 94.6. The number of rotatable bonds is 9. The van der Waals surface area contributed by atoms with Crippen molar-refractivity contribution in [2.45, 2.75) is 37.8 Å². The lowest BCUT2D eigenvalue weighted by Gasteiger charge is -2.36. The van der Waals surface area contributed by atoms with Gasteiger partial charge in [-0.25, -0.2) is 0 Å². The van der Waals surface area contributed by atoms with Gasteiger partial charge in [0.05, 0.1) is 17.8 Å². The van der Waals surface area contributed by atoms with E-state index in [-0.39, 0.29) is 12.1 Å². The Labute approximate surface area is 419 Å². The van der Waals surface area contributed by atoms with Crippen molar-refractivity contribution in [1.29, 1.82) is 0 Å². The van der Waals surface area contributed by atoms with Crippen LogP contribution in [0.15, 0.2) is 255 Å². The molecule has 0 bridgehead atoms. The van der Waals surface area contributed by atoms with Gasteiger partial charge < -0.3 is 18.9 Å². The predicted octanol–water partition coefficient (Wildman–Crippen LogP) is 19.2. The van der Waals surface area contributed by atoms with E-state index in [1.165, 1.54) is 94.8 Å². The molecule has 1 saturated carbocycles. The molecule has 2 unspecified atom stereocenters. The van der Waals surface area contributed by atoms with Crippen molar-refractivity contribution in [3.8, 4) is 11.1 Å². The van der Waals surface area contributed by atoms with Crippen LogP contribution in [0.5, 0.6) is 0 Å². The summed E-state index contributed by atoms with van der Waals surface area (Å²) in [5.41, 5.74) is 14.4. The molecule has 11 aromatic carbocycles. The van der Waals surface area contributed by atoms with E-state index in [0.717, 1.165) is 41.3 Å². The minimum absolute atomic E-state index is 0.238. The van der Waals surface area contributed by atoms with Crippen LogP contribution in [0, 0.1) is 0 Å². The number of anilines is 6. The molecule has 0 spiro atoms. The highest BCUT2D eigenvalue weighted by Crippen LogP contribution is 2.49. The molecule has 2 atom stereocenters. The summed E-state index contributed by atoms with van der Waals surface area (Å²) in [4.78, 5) is 4.88. The number of hydrogen-bond donors (Lipinski definition) is 0. The molecule has 0 radical (unpaired) electrons. The first kappa shape index (κ1) is 42.1. The second kappa shape index (κ2) is 17.5. The van der Waals surface area contributed by atoms with Crippen molar-refractivity contribution in [2.24, 2.45) is 0 Å². The number of fused-ring (bicyclic) bond motifs is 8. The summed E-state index contributed by atoms with van der Waals surface area (Å²) in [5, 5.41) is 10.1. The monoisotopic (exact) mass is 924 g/mol. The van der Waals surface area contributed by atoms with E-state index in [9.17, 15) is 0 Å². The third-order valence-electron chi connectivity index (χ3n) is 15.5. The largest absolute Gasteiger partial charge is 0.335 e. The summed E-state index contributed by atoms with van der Waals surface area (Å²) in [7, 11) is 0. The second-order valence-corrected chi connectivity index (χ2v) is 19.5. The van der Waals surface area contributed by atoms with Gasteiger partial charge in [-0.15, -0.1) is 0 Å². The summed E-state index contributed by atoms with van der Waals surface area (Å²) in [5.74, 6) is 0. The van der Waals surface area contributed by atoms with E-state index in [0.29, 0.717) is 0 Å². The van der Waals surface area contributed by atoms with Gasteiger partial charge in [0.2, 0.25) is 0 Å². The van der Waals surface area contributed by atoms with Gasteiger partial charge in [0.15, 0.2) is 0 Å². The van der Waals surface area contributed by atoms with Crippen molar-refractivity contribution in [3.63, 3.8) is 0 Å². The number of hydrogen-bond acceptors (Lipinski definition) is 2. The third kappa shape index (κ3) is 7.05. The first-order valence-electron chi connectivity index (χ1n) is 25.6. The van der Waals surface area contributed by atoms with Gasteiger partial charge in [-0.05, 0) is 131 Å². The standard InChI is InChI=1S/C68H52N4/c1-3-19-47(20-4-1)51-25-17-28-53(43-51)69(52-26-5-2-6-27-52)55-39-41-65-60(45-55)58-30-11-13-32-63(58)71(65)67-34-15-16-35-68(67)72-64-33-14-12-31-59(64)61-46-56(40-42-66(61)72)70(54-38-37-48-21-7-8-23-50(48)44-54)62-36-18-24-49-22-9-10-29-57(49)62/h1-14,17-33,36-46,67-68H,15-16,34-35H2. The molecule has 13 aromatic rings. The van der Waals surface area contributed by atoms with Crippen LogP contribution >= 0.6 is 0 Å². The van der Waals surface area contributed by atoms with Gasteiger partial charge in [0.1, 0.15) is 0 Å². The maximum absolute atomic E-state index is 2.72. The Morgan fingerprint density at radius 3 is 1.42 bits per heavy atom. The Balaban J connectivity index is 0.918.